The second-order valence-corrected chi connectivity index (χ2v) is 6.30. The lowest BCUT2D eigenvalue weighted by Gasteiger charge is -2.18. The minimum atomic E-state index is -0.153. The molecule has 1 aliphatic heterocycles. The van der Waals surface area contributed by atoms with Crippen molar-refractivity contribution >= 4 is 5.91 Å². The van der Waals surface area contributed by atoms with Crippen LogP contribution in [0.2, 0.25) is 0 Å². The van der Waals surface area contributed by atoms with E-state index in [2.05, 4.69) is 11.1 Å². The van der Waals surface area contributed by atoms with Gasteiger partial charge in [-0.2, -0.15) is 5.26 Å². The molecule has 1 amide bonds. The van der Waals surface area contributed by atoms with Crippen molar-refractivity contribution in [3.05, 3.63) is 47.7 Å². The van der Waals surface area contributed by atoms with Gasteiger partial charge in [0.1, 0.15) is 6.10 Å². The van der Waals surface area contributed by atoms with Gasteiger partial charge in [-0.05, 0) is 38.1 Å². The number of nitrogens with zero attached hydrogens (tertiary/aromatic N) is 3. The van der Waals surface area contributed by atoms with E-state index in [1.54, 1.807) is 41.4 Å². The Morgan fingerprint density at radius 1 is 1.21 bits per heavy atom. The van der Waals surface area contributed by atoms with E-state index in [4.69, 9.17) is 19.5 Å². The van der Waals surface area contributed by atoms with Crippen LogP contribution in [0.3, 0.4) is 0 Å². The Morgan fingerprint density at radius 3 is 2.75 bits per heavy atom. The maximum Gasteiger partial charge on any atom is 0.254 e. The summed E-state index contributed by atoms with van der Waals surface area (Å²) in [4.78, 5) is 18.8. The Morgan fingerprint density at radius 2 is 2.00 bits per heavy atom. The molecular weight excluding hydrogens is 358 g/mol. The standard InChI is InChI=1S/C21H23N3O4/c1-3-26-18-6-5-16(12-19(18)27-4-2)21(25)24-10-8-17(14-24)28-20-11-15(13-22)7-9-23-20/h5-7,9,11-12,17H,3-4,8,10,14H2,1-2H3. The van der Waals surface area contributed by atoms with Crippen molar-refractivity contribution in [3.63, 3.8) is 0 Å². The third-order valence-electron chi connectivity index (χ3n) is 4.37. The zero-order valence-electron chi connectivity index (χ0n) is 16.1. The van der Waals surface area contributed by atoms with Gasteiger partial charge >= 0.3 is 0 Å². The van der Waals surface area contributed by atoms with Crippen LogP contribution in [0, 0.1) is 11.3 Å². The SMILES string of the molecule is CCOc1ccc(C(=O)N2CCC(Oc3cc(C#N)ccn3)C2)cc1OCC. The van der Waals surface area contributed by atoms with Gasteiger partial charge in [-0.15, -0.1) is 0 Å². The van der Waals surface area contributed by atoms with Crippen molar-refractivity contribution in [1.29, 1.82) is 5.26 Å². The second kappa shape index (κ2) is 9.09. The highest BCUT2D eigenvalue weighted by atomic mass is 16.5. The second-order valence-electron chi connectivity index (χ2n) is 6.30. The summed E-state index contributed by atoms with van der Waals surface area (Å²) in [5.41, 5.74) is 1.05. The van der Waals surface area contributed by atoms with Crippen LogP contribution in [0.25, 0.3) is 0 Å². The summed E-state index contributed by atoms with van der Waals surface area (Å²) >= 11 is 0. The highest BCUT2D eigenvalue weighted by molar-refractivity contribution is 5.95. The van der Waals surface area contributed by atoms with Gasteiger partial charge in [-0.3, -0.25) is 4.79 Å². The van der Waals surface area contributed by atoms with Gasteiger partial charge in [-0.1, -0.05) is 0 Å². The molecule has 0 saturated carbocycles. The summed E-state index contributed by atoms with van der Waals surface area (Å²) in [6.07, 6.45) is 2.10. The van der Waals surface area contributed by atoms with E-state index in [1.165, 1.54) is 0 Å². The van der Waals surface area contributed by atoms with E-state index in [9.17, 15) is 4.79 Å². The van der Waals surface area contributed by atoms with Gasteiger partial charge in [0.05, 0.1) is 31.4 Å². The molecule has 7 heteroatoms. The molecule has 1 aliphatic rings. The summed E-state index contributed by atoms with van der Waals surface area (Å²) in [6.45, 7) is 5.88. The fourth-order valence-corrected chi connectivity index (χ4v) is 3.09. The van der Waals surface area contributed by atoms with Gasteiger partial charge < -0.3 is 19.1 Å². The fraction of sp³-hybridized carbons (Fsp3) is 0.381. The first-order chi connectivity index (χ1) is 13.6. The number of hydrogen-bond acceptors (Lipinski definition) is 6. The summed E-state index contributed by atoms with van der Waals surface area (Å²) < 4.78 is 17.0. The lowest BCUT2D eigenvalue weighted by Crippen LogP contribution is -2.31. The predicted octanol–water partition coefficient (Wildman–Crippen LogP) is 3.04. The highest BCUT2D eigenvalue weighted by Gasteiger charge is 2.29. The normalized spacial score (nSPS) is 15.8. The molecule has 1 saturated heterocycles. The zero-order chi connectivity index (χ0) is 19.9. The van der Waals surface area contributed by atoms with E-state index >= 15 is 0 Å². The summed E-state index contributed by atoms with van der Waals surface area (Å²) in [5.74, 6) is 1.53. The van der Waals surface area contributed by atoms with Crippen LogP contribution in [0.15, 0.2) is 36.5 Å². The van der Waals surface area contributed by atoms with Crippen LogP contribution in [-0.4, -0.2) is 48.2 Å². The number of aromatic nitrogens is 1. The first-order valence-electron chi connectivity index (χ1n) is 9.36. The molecule has 0 bridgehead atoms. The van der Waals surface area contributed by atoms with Crippen LogP contribution in [0.5, 0.6) is 17.4 Å². The monoisotopic (exact) mass is 381 g/mol. The number of ether oxygens (including phenoxy) is 3. The molecule has 1 aromatic heterocycles. The Bertz CT molecular complexity index is 878. The molecule has 146 valence electrons. The molecule has 1 atom stereocenters. The van der Waals surface area contributed by atoms with E-state index < -0.39 is 0 Å². The fourth-order valence-electron chi connectivity index (χ4n) is 3.09. The summed E-state index contributed by atoms with van der Waals surface area (Å²) in [6, 6.07) is 10.5. The minimum Gasteiger partial charge on any atom is -0.490 e. The van der Waals surface area contributed by atoms with Gasteiger partial charge in [0.15, 0.2) is 11.5 Å². The van der Waals surface area contributed by atoms with Crippen LogP contribution in [0.1, 0.15) is 36.2 Å². The van der Waals surface area contributed by atoms with E-state index in [-0.39, 0.29) is 12.0 Å². The number of carbonyl (C=O) groups is 1. The van der Waals surface area contributed by atoms with Crippen LogP contribution >= 0.6 is 0 Å². The number of nitriles is 1. The zero-order valence-corrected chi connectivity index (χ0v) is 16.1. The van der Waals surface area contributed by atoms with Crippen molar-refractivity contribution in [2.75, 3.05) is 26.3 Å². The number of carbonyl (C=O) groups excluding carboxylic acids is 1. The molecule has 0 radical (unpaired) electrons. The van der Waals surface area contributed by atoms with Crippen molar-refractivity contribution < 1.29 is 19.0 Å². The minimum absolute atomic E-state index is 0.0752. The van der Waals surface area contributed by atoms with E-state index in [0.717, 1.165) is 0 Å². The molecule has 1 fully saturated rings. The van der Waals surface area contributed by atoms with Crippen LogP contribution < -0.4 is 14.2 Å². The van der Waals surface area contributed by atoms with Crippen LogP contribution in [-0.2, 0) is 0 Å². The average Bonchev–Trinajstić information content (AvgIpc) is 3.17. The molecule has 1 aromatic carbocycles. The van der Waals surface area contributed by atoms with E-state index in [0.29, 0.717) is 61.2 Å². The van der Waals surface area contributed by atoms with Crippen LogP contribution in [0.4, 0.5) is 0 Å². The number of amides is 1. The molecule has 0 aliphatic carbocycles. The van der Waals surface area contributed by atoms with Gasteiger partial charge in [0.25, 0.3) is 5.91 Å². The largest absolute Gasteiger partial charge is 0.490 e. The molecule has 28 heavy (non-hydrogen) atoms. The van der Waals surface area contributed by atoms with Crippen molar-refractivity contribution in [1.82, 2.24) is 9.88 Å². The Kier molecular flexibility index (Phi) is 6.33. The quantitative estimate of drug-likeness (QED) is 0.733. The van der Waals surface area contributed by atoms with Crippen molar-refractivity contribution in [2.45, 2.75) is 26.4 Å². The molecule has 1 unspecified atom stereocenters. The smallest absolute Gasteiger partial charge is 0.254 e. The number of benzene rings is 1. The lowest BCUT2D eigenvalue weighted by molar-refractivity contribution is 0.0770. The summed E-state index contributed by atoms with van der Waals surface area (Å²) in [7, 11) is 0. The maximum absolute atomic E-state index is 12.9. The van der Waals surface area contributed by atoms with Crippen molar-refractivity contribution in [2.24, 2.45) is 0 Å². The van der Waals surface area contributed by atoms with Crippen molar-refractivity contribution in [3.8, 4) is 23.4 Å². The Balaban J connectivity index is 1.67. The third kappa shape index (κ3) is 4.52. The predicted molar refractivity (Wildman–Crippen MR) is 103 cm³/mol. The third-order valence-corrected chi connectivity index (χ3v) is 4.37. The molecular formula is C21H23N3O4. The van der Waals surface area contributed by atoms with Gasteiger partial charge in [0, 0.05) is 30.8 Å². The number of rotatable bonds is 7. The van der Waals surface area contributed by atoms with Gasteiger partial charge in [-0.25, -0.2) is 4.98 Å². The van der Waals surface area contributed by atoms with E-state index in [1.807, 2.05) is 13.8 Å². The highest BCUT2D eigenvalue weighted by Crippen LogP contribution is 2.29. The Labute approximate surface area is 164 Å². The number of likely N-dealkylation sites (tertiary alicyclic amines) is 1. The number of hydrogen-bond donors (Lipinski definition) is 0. The molecule has 2 heterocycles. The molecule has 0 spiro atoms. The van der Waals surface area contributed by atoms with Gasteiger partial charge in [0.2, 0.25) is 5.88 Å². The first kappa shape index (κ1) is 19.5. The molecule has 7 nitrogen and oxygen atoms in total. The summed E-state index contributed by atoms with van der Waals surface area (Å²) in [5, 5.41) is 8.97. The Hall–Kier alpha value is -3.27. The average molecular weight is 381 g/mol. The molecule has 0 N–H and O–H groups in total. The molecule has 3 rings (SSSR count). The topological polar surface area (TPSA) is 84.7 Å². The first-order valence-corrected chi connectivity index (χ1v) is 9.36. The lowest BCUT2D eigenvalue weighted by atomic mass is 10.1. The molecule has 2 aromatic rings. The maximum atomic E-state index is 12.9. The number of pyridine rings is 1.